The summed E-state index contributed by atoms with van der Waals surface area (Å²) >= 11 is 0. The fraction of sp³-hybridized carbons (Fsp3) is 0.667. The molecule has 100 valence electrons. The number of nitrogens with zero attached hydrogens (tertiary/aromatic N) is 2. The van der Waals surface area contributed by atoms with Crippen molar-refractivity contribution in [2.24, 2.45) is 5.92 Å². The summed E-state index contributed by atoms with van der Waals surface area (Å²) in [5, 5.41) is 3.50. The molecule has 3 heteroatoms. The van der Waals surface area contributed by atoms with Crippen LogP contribution in [0.2, 0.25) is 0 Å². The topological polar surface area (TPSA) is 28.2 Å². The van der Waals surface area contributed by atoms with Gasteiger partial charge in [-0.1, -0.05) is 20.8 Å². The molecule has 1 aliphatic rings. The zero-order valence-electron chi connectivity index (χ0n) is 11.8. The van der Waals surface area contributed by atoms with Crippen molar-refractivity contribution in [3.8, 4) is 0 Å². The zero-order chi connectivity index (χ0) is 13.0. The standard InChI is InChI=1S/C15H25N3/c1-12(2)17-10-14-4-7-16-11-15(14)18-8-5-13(3)6-9-18/h4,7,11-13,17H,5-6,8-10H2,1-3H3. The monoisotopic (exact) mass is 247 g/mol. The predicted molar refractivity (Wildman–Crippen MR) is 76.8 cm³/mol. The number of hydrogen-bond donors (Lipinski definition) is 1. The summed E-state index contributed by atoms with van der Waals surface area (Å²) < 4.78 is 0. The van der Waals surface area contributed by atoms with Crippen molar-refractivity contribution in [2.75, 3.05) is 18.0 Å². The Hall–Kier alpha value is -1.09. The van der Waals surface area contributed by atoms with Crippen LogP contribution in [0.3, 0.4) is 0 Å². The van der Waals surface area contributed by atoms with E-state index >= 15 is 0 Å². The van der Waals surface area contributed by atoms with E-state index in [0.717, 1.165) is 12.5 Å². The van der Waals surface area contributed by atoms with Gasteiger partial charge in [-0.2, -0.15) is 0 Å². The summed E-state index contributed by atoms with van der Waals surface area (Å²) in [6.45, 7) is 9.99. The van der Waals surface area contributed by atoms with Crippen LogP contribution in [0.15, 0.2) is 18.5 Å². The maximum Gasteiger partial charge on any atom is 0.0598 e. The van der Waals surface area contributed by atoms with Gasteiger partial charge in [0, 0.05) is 31.9 Å². The van der Waals surface area contributed by atoms with Crippen molar-refractivity contribution in [3.05, 3.63) is 24.0 Å². The van der Waals surface area contributed by atoms with Crippen LogP contribution in [0, 0.1) is 5.92 Å². The van der Waals surface area contributed by atoms with E-state index in [1.807, 2.05) is 12.4 Å². The molecule has 0 radical (unpaired) electrons. The molecule has 0 amide bonds. The Morgan fingerprint density at radius 2 is 2.11 bits per heavy atom. The second kappa shape index (κ2) is 6.19. The van der Waals surface area contributed by atoms with Gasteiger partial charge in [-0.3, -0.25) is 4.98 Å². The van der Waals surface area contributed by atoms with Gasteiger partial charge in [0.25, 0.3) is 0 Å². The molecular weight excluding hydrogens is 222 g/mol. The lowest BCUT2D eigenvalue weighted by molar-refractivity contribution is 0.437. The predicted octanol–water partition coefficient (Wildman–Crippen LogP) is 2.82. The molecule has 0 saturated carbocycles. The highest BCUT2D eigenvalue weighted by atomic mass is 15.1. The molecule has 2 heterocycles. The third-order valence-electron chi connectivity index (χ3n) is 3.71. The van der Waals surface area contributed by atoms with Gasteiger partial charge in [0.15, 0.2) is 0 Å². The number of piperidine rings is 1. The molecule has 1 aromatic heterocycles. The Morgan fingerprint density at radius 3 is 2.78 bits per heavy atom. The van der Waals surface area contributed by atoms with E-state index in [1.165, 1.54) is 37.2 Å². The zero-order valence-corrected chi connectivity index (χ0v) is 11.8. The molecule has 1 aliphatic heterocycles. The maximum absolute atomic E-state index is 4.30. The van der Waals surface area contributed by atoms with Gasteiger partial charge in [0.05, 0.1) is 11.9 Å². The van der Waals surface area contributed by atoms with Crippen LogP contribution in [0.1, 0.15) is 39.2 Å². The first-order chi connectivity index (χ1) is 8.66. The van der Waals surface area contributed by atoms with Crippen molar-refractivity contribution >= 4 is 5.69 Å². The largest absolute Gasteiger partial charge is 0.370 e. The SMILES string of the molecule is CC1CCN(c2cnccc2CNC(C)C)CC1. The minimum absolute atomic E-state index is 0.521. The van der Waals surface area contributed by atoms with Crippen molar-refractivity contribution in [3.63, 3.8) is 0 Å². The van der Waals surface area contributed by atoms with E-state index in [2.05, 4.69) is 42.0 Å². The van der Waals surface area contributed by atoms with Gasteiger partial charge in [-0.25, -0.2) is 0 Å². The lowest BCUT2D eigenvalue weighted by Crippen LogP contribution is -2.34. The summed E-state index contributed by atoms with van der Waals surface area (Å²) in [5.74, 6) is 0.871. The number of nitrogens with one attached hydrogen (secondary N) is 1. The highest BCUT2D eigenvalue weighted by Gasteiger charge is 2.18. The summed E-state index contributed by atoms with van der Waals surface area (Å²) in [6.07, 6.45) is 6.51. The minimum Gasteiger partial charge on any atom is -0.370 e. The lowest BCUT2D eigenvalue weighted by atomic mass is 9.98. The number of rotatable bonds is 4. The third-order valence-corrected chi connectivity index (χ3v) is 3.71. The molecular formula is C15H25N3. The third kappa shape index (κ3) is 3.45. The Bertz CT molecular complexity index is 368. The highest BCUT2D eigenvalue weighted by Crippen LogP contribution is 2.25. The van der Waals surface area contributed by atoms with Crippen LogP contribution < -0.4 is 10.2 Å². The van der Waals surface area contributed by atoms with E-state index in [9.17, 15) is 0 Å². The molecule has 0 aliphatic carbocycles. The molecule has 0 bridgehead atoms. The van der Waals surface area contributed by atoms with E-state index in [0.29, 0.717) is 6.04 Å². The molecule has 0 spiro atoms. The second-order valence-corrected chi connectivity index (χ2v) is 5.71. The van der Waals surface area contributed by atoms with Crippen LogP contribution >= 0.6 is 0 Å². The molecule has 2 rings (SSSR count). The van der Waals surface area contributed by atoms with Gasteiger partial charge in [0.2, 0.25) is 0 Å². The van der Waals surface area contributed by atoms with Gasteiger partial charge in [-0.05, 0) is 30.4 Å². The molecule has 18 heavy (non-hydrogen) atoms. The van der Waals surface area contributed by atoms with Gasteiger partial charge in [0.1, 0.15) is 0 Å². The molecule has 3 nitrogen and oxygen atoms in total. The van der Waals surface area contributed by atoms with Crippen LogP contribution in [0.4, 0.5) is 5.69 Å². The summed E-state index contributed by atoms with van der Waals surface area (Å²) in [4.78, 5) is 6.79. The average Bonchev–Trinajstić information content (AvgIpc) is 2.38. The smallest absolute Gasteiger partial charge is 0.0598 e. The summed E-state index contributed by atoms with van der Waals surface area (Å²) in [6, 6.07) is 2.66. The number of hydrogen-bond acceptors (Lipinski definition) is 3. The van der Waals surface area contributed by atoms with Crippen molar-refractivity contribution in [2.45, 2.75) is 46.2 Å². The fourth-order valence-electron chi connectivity index (χ4n) is 2.41. The highest BCUT2D eigenvalue weighted by molar-refractivity contribution is 5.52. The average molecular weight is 247 g/mol. The van der Waals surface area contributed by atoms with Crippen LogP contribution in [0.25, 0.3) is 0 Å². The lowest BCUT2D eigenvalue weighted by Gasteiger charge is -2.33. The number of anilines is 1. The molecule has 0 atom stereocenters. The quantitative estimate of drug-likeness (QED) is 0.887. The molecule has 0 aromatic carbocycles. The normalized spacial score (nSPS) is 17.4. The molecule has 1 aromatic rings. The molecule has 1 saturated heterocycles. The van der Waals surface area contributed by atoms with Crippen LogP contribution in [-0.4, -0.2) is 24.1 Å². The van der Waals surface area contributed by atoms with E-state index in [-0.39, 0.29) is 0 Å². The molecule has 0 unspecified atom stereocenters. The minimum atomic E-state index is 0.521. The maximum atomic E-state index is 4.30. The van der Waals surface area contributed by atoms with Crippen LogP contribution in [-0.2, 0) is 6.54 Å². The Balaban J connectivity index is 2.07. The molecule has 1 fully saturated rings. The first-order valence-corrected chi connectivity index (χ1v) is 7.08. The van der Waals surface area contributed by atoms with E-state index < -0.39 is 0 Å². The number of aromatic nitrogens is 1. The van der Waals surface area contributed by atoms with E-state index in [1.54, 1.807) is 0 Å². The Morgan fingerprint density at radius 1 is 1.39 bits per heavy atom. The van der Waals surface area contributed by atoms with E-state index in [4.69, 9.17) is 0 Å². The van der Waals surface area contributed by atoms with Gasteiger partial charge < -0.3 is 10.2 Å². The first-order valence-electron chi connectivity index (χ1n) is 7.08. The fourth-order valence-corrected chi connectivity index (χ4v) is 2.41. The van der Waals surface area contributed by atoms with Crippen molar-refractivity contribution in [1.29, 1.82) is 0 Å². The Labute approximate surface area is 111 Å². The van der Waals surface area contributed by atoms with Gasteiger partial charge in [-0.15, -0.1) is 0 Å². The van der Waals surface area contributed by atoms with Gasteiger partial charge >= 0.3 is 0 Å². The summed E-state index contributed by atoms with van der Waals surface area (Å²) in [7, 11) is 0. The van der Waals surface area contributed by atoms with Crippen LogP contribution in [0.5, 0.6) is 0 Å². The van der Waals surface area contributed by atoms with Crippen molar-refractivity contribution < 1.29 is 0 Å². The number of pyridine rings is 1. The summed E-state index contributed by atoms with van der Waals surface area (Å²) in [5.41, 5.74) is 2.69. The molecule has 1 N–H and O–H groups in total. The second-order valence-electron chi connectivity index (χ2n) is 5.71. The van der Waals surface area contributed by atoms with Crippen molar-refractivity contribution in [1.82, 2.24) is 10.3 Å². The first kappa shape index (κ1) is 13.3. The Kier molecular flexibility index (Phi) is 4.59.